The monoisotopic (exact) mass is 364 g/mol. The lowest BCUT2D eigenvalue weighted by molar-refractivity contribution is -0.159. The van der Waals surface area contributed by atoms with Crippen molar-refractivity contribution in [1.29, 1.82) is 0 Å². The summed E-state index contributed by atoms with van der Waals surface area (Å²) in [5.74, 6) is -2.71. The van der Waals surface area contributed by atoms with E-state index in [2.05, 4.69) is 4.98 Å². The predicted molar refractivity (Wildman–Crippen MR) is 80.6 cm³/mol. The molecule has 1 atom stereocenters. The zero-order chi connectivity index (χ0) is 17.0. The molecule has 10 heteroatoms. The van der Waals surface area contributed by atoms with Gasteiger partial charge in [0.05, 0.1) is 22.4 Å². The number of aromatic nitrogens is 1. The molecule has 1 aromatic heterocycles. The second kappa shape index (κ2) is 7.18. The van der Waals surface area contributed by atoms with Crippen molar-refractivity contribution in [2.75, 3.05) is 5.75 Å². The SMILES string of the molecule is O=C(CSc1nc2ccccc2s1)NC(CC(F)(F)F)C(=O)O. The van der Waals surface area contributed by atoms with Crippen molar-refractivity contribution in [3.8, 4) is 0 Å². The molecule has 1 amide bonds. The smallest absolute Gasteiger partial charge is 0.391 e. The summed E-state index contributed by atoms with van der Waals surface area (Å²) in [7, 11) is 0. The highest BCUT2D eigenvalue weighted by atomic mass is 32.2. The normalized spacial score (nSPS) is 13.0. The number of carbonyl (C=O) groups is 2. The minimum Gasteiger partial charge on any atom is -0.480 e. The number of para-hydroxylation sites is 1. The summed E-state index contributed by atoms with van der Waals surface area (Å²) in [4.78, 5) is 26.7. The van der Waals surface area contributed by atoms with Crippen molar-refractivity contribution in [2.24, 2.45) is 0 Å². The first kappa shape index (κ1) is 17.5. The van der Waals surface area contributed by atoms with E-state index in [9.17, 15) is 22.8 Å². The highest BCUT2D eigenvalue weighted by Crippen LogP contribution is 2.29. The second-order valence-electron chi connectivity index (χ2n) is 4.51. The Bertz CT molecular complexity index is 685. The standard InChI is InChI=1S/C13H11F3N2O3S2/c14-13(15,16)5-8(11(20)21)17-10(19)6-22-12-18-7-3-1-2-4-9(7)23-12/h1-4,8H,5-6H2,(H,17,19)(H,20,21). The number of hydrogen-bond donors (Lipinski definition) is 2. The molecule has 1 unspecified atom stereocenters. The molecule has 0 radical (unpaired) electrons. The maximum Gasteiger partial charge on any atom is 0.391 e. The predicted octanol–water partition coefficient (Wildman–Crippen LogP) is 2.91. The Morgan fingerprint density at radius 2 is 2.04 bits per heavy atom. The van der Waals surface area contributed by atoms with Gasteiger partial charge in [0, 0.05) is 0 Å². The molecule has 2 N–H and O–H groups in total. The molecule has 0 bridgehead atoms. The number of halogens is 3. The van der Waals surface area contributed by atoms with Gasteiger partial charge in [-0.05, 0) is 12.1 Å². The molecule has 0 saturated heterocycles. The lowest BCUT2D eigenvalue weighted by Gasteiger charge is -2.15. The van der Waals surface area contributed by atoms with Crippen molar-refractivity contribution in [3.05, 3.63) is 24.3 Å². The summed E-state index contributed by atoms with van der Waals surface area (Å²) >= 11 is 2.40. The second-order valence-corrected chi connectivity index (χ2v) is 6.77. The Balaban J connectivity index is 1.91. The van der Waals surface area contributed by atoms with Gasteiger partial charge < -0.3 is 10.4 Å². The van der Waals surface area contributed by atoms with Gasteiger partial charge in [-0.1, -0.05) is 23.9 Å². The third kappa shape index (κ3) is 5.39. The van der Waals surface area contributed by atoms with Gasteiger partial charge in [0.25, 0.3) is 0 Å². The average Bonchev–Trinajstić information content (AvgIpc) is 2.85. The molecule has 23 heavy (non-hydrogen) atoms. The van der Waals surface area contributed by atoms with E-state index >= 15 is 0 Å². The summed E-state index contributed by atoms with van der Waals surface area (Å²) in [6, 6.07) is 5.34. The Morgan fingerprint density at radius 1 is 1.35 bits per heavy atom. The number of hydrogen-bond acceptors (Lipinski definition) is 5. The third-order valence-corrected chi connectivity index (χ3v) is 4.85. The summed E-state index contributed by atoms with van der Waals surface area (Å²) in [6.07, 6.45) is -6.28. The van der Waals surface area contributed by atoms with Crippen molar-refractivity contribution >= 4 is 45.2 Å². The number of rotatable bonds is 6. The molecule has 0 aliphatic rings. The molecular weight excluding hydrogens is 353 g/mol. The minimum atomic E-state index is -4.67. The van der Waals surface area contributed by atoms with Gasteiger partial charge in [-0.3, -0.25) is 4.79 Å². The van der Waals surface area contributed by atoms with E-state index in [0.29, 0.717) is 4.34 Å². The van der Waals surface area contributed by atoms with E-state index < -0.39 is 30.5 Å². The molecule has 1 aromatic carbocycles. The van der Waals surface area contributed by atoms with Crippen LogP contribution in [0, 0.1) is 0 Å². The molecule has 2 rings (SSSR count). The first-order chi connectivity index (χ1) is 10.7. The lowest BCUT2D eigenvalue weighted by atomic mass is 10.2. The van der Waals surface area contributed by atoms with Crippen LogP contribution in [0.15, 0.2) is 28.6 Å². The maximum absolute atomic E-state index is 12.3. The Hall–Kier alpha value is -1.81. The molecule has 2 aromatic rings. The van der Waals surface area contributed by atoms with E-state index in [1.807, 2.05) is 23.5 Å². The van der Waals surface area contributed by atoms with Crippen LogP contribution < -0.4 is 5.32 Å². The quantitative estimate of drug-likeness (QED) is 0.771. The molecule has 0 spiro atoms. The number of aliphatic carboxylic acids is 1. The zero-order valence-electron chi connectivity index (χ0n) is 11.5. The van der Waals surface area contributed by atoms with E-state index in [1.165, 1.54) is 11.3 Å². The largest absolute Gasteiger partial charge is 0.480 e. The molecule has 1 heterocycles. The topological polar surface area (TPSA) is 79.3 Å². The van der Waals surface area contributed by atoms with Crippen LogP contribution in [0.5, 0.6) is 0 Å². The number of nitrogens with one attached hydrogen (secondary N) is 1. The van der Waals surface area contributed by atoms with Crippen LogP contribution >= 0.6 is 23.1 Å². The number of thiazole rings is 1. The van der Waals surface area contributed by atoms with Crippen LogP contribution in [0.25, 0.3) is 10.2 Å². The summed E-state index contributed by atoms with van der Waals surface area (Å²) in [5.41, 5.74) is 0.765. The fourth-order valence-electron chi connectivity index (χ4n) is 1.71. The van der Waals surface area contributed by atoms with Gasteiger partial charge in [0.1, 0.15) is 6.04 Å². The Kier molecular flexibility index (Phi) is 5.47. The van der Waals surface area contributed by atoms with Crippen LogP contribution in [-0.2, 0) is 9.59 Å². The van der Waals surface area contributed by atoms with Gasteiger partial charge >= 0.3 is 12.1 Å². The van der Waals surface area contributed by atoms with E-state index in [4.69, 9.17) is 5.11 Å². The fourth-order valence-corrected chi connectivity index (χ4v) is 3.59. The number of thioether (sulfide) groups is 1. The van der Waals surface area contributed by atoms with Crippen LogP contribution in [0.1, 0.15) is 6.42 Å². The molecule has 0 saturated carbocycles. The fraction of sp³-hybridized carbons (Fsp3) is 0.308. The average molecular weight is 364 g/mol. The van der Waals surface area contributed by atoms with Gasteiger partial charge in [-0.15, -0.1) is 11.3 Å². The van der Waals surface area contributed by atoms with Crippen LogP contribution in [0.3, 0.4) is 0 Å². The van der Waals surface area contributed by atoms with Crippen molar-refractivity contribution in [3.63, 3.8) is 0 Å². The number of nitrogens with zero attached hydrogens (tertiary/aromatic N) is 1. The Labute approximate surface area is 136 Å². The molecule has 0 aliphatic carbocycles. The number of fused-ring (bicyclic) bond motifs is 1. The van der Waals surface area contributed by atoms with Gasteiger partial charge in [-0.2, -0.15) is 13.2 Å². The van der Waals surface area contributed by atoms with E-state index in [0.717, 1.165) is 22.0 Å². The highest BCUT2D eigenvalue weighted by molar-refractivity contribution is 8.01. The minimum absolute atomic E-state index is 0.207. The van der Waals surface area contributed by atoms with Gasteiger partial charge in [0.2, 0.25) is 5.91 Å². The molecule has 124 valence electrons. The number of carbonyl (C=O) groups excluding carboxylic acids is 1. The Morgan fingerprint density at radius 3 is 2.65 bits per heavy atom. The molecule has 5 nitrogen and oxygen atoms in total. The third-order valence-electron chi connectivity index (χ3n) is 2.67. The summed E-state index contributed by atoms with van der Waals surface area (Å²) in [5, 5.41) is 10.6. The van der Waals surface area contributed by atoms with Crippen molar-refractivity contribution in [2.45, 2.75) is 23.0 Å². The van der Waals surface area contributed by atoms with Crippen LogP contribution in [0.4, 0.5) is 13.2 Å². The maximum atomic E-state index is 12.3. The first-order valence-corrected chi connectivity index (χ1v) is 8.12. The zero-order valence-corrected chi connectivity index (χ0v) is 13.1. The lowest BCUT2D eigenvalue weighted by Crippen LogP contribution is -2.44. The number of carboxylic acid groups (broad SMARTS) is 1. The van der Waals surface area contributed by atoms with E-state index in [1.54, 1.807) is 6.07 Å². The molecule has 0 fully saturated rings. The summed E-state index contributed by atoms with van der Waals surface area (Å²) < 4.78 is 38.3. The van der Waals surface area contributed by atoms with E-state index in [-0.39, 0.29) is 5.75 Å². The van der Waals surface area contributed by atoms with Crippen LogP contribution in [0.2, 0.25) is 0 Å². The molecular formula is C13H11F3N2O3S2. The number of amides is 1. The number of alkyl halides is 3. The number of carboxylic acids is 1. The van der Waals surface area contributed by atoms with Gasteiger partial charge in [-0.25, -0.2) is 9.78 Å². The van der Waals surface area contributed by atoms with Crippen LogP contribution in [-0.4, -0.2) is 39.9 Å². The number of benzene rings is 1. The highest BCUT2D eigenvalue weighted by Gasteiger charge is 2.36. The summed E-state index contributed by atoms with van der Waals surface area (Å²) in [6.45, 7) is 0. The first-order valence-electron chi connectivity index (χ1n) is 6.32. The van der Waals surface area contributed by atoms with Crippen molar-refractivity contribution in [1.82, 2.24) is 10.3 Å². The van der Waals surface area contributed by atoms with Crippen molar-refractivity contribution < 1.29 is 27.9 Å². The van der Waals surface area contributed by atoms with Gasteiger partial charge in [0.15, 0.2) is 4.34 Å². The molecule has 0 aliphatic heterocycles.